The molecule has 3 aromatic rings. The van der Waals surface area contributed by atoms with E-state index in [1.165, 1.54) is 0 Å². The van der Waals surface area contributed by atoms with E-state index < -0.39 is 5.54 Å². The van der Waals surface area contributed by atoms with Crippen LogP contribution in [0.15, 0.2) is 45.6 Å². The van der Waals surface area contributed by atoms with Crippen molar-refractivity contribution in [2.75, 3.05) is 6.54 Å². The number of piperidine rings is 1. The van der Waals surface area contributed by atoms with Crippen LogP contribution in [0.2, 0.25) is 0 Å². The number of amides is 2. The molecule has 1 aromatic carbocycles. The molecule has 1 atom stereocenters. The van der Waals surface area contributed by atoms with E-state index >= 15 is 0 Å². The number of nitrogens with zero attached hydrogens (tertiary/aromatic N) is 4. The van der Waals surface area contributed by atoms with Gasteiger partial charge in [-0.2, -0.15) is 0 Å². The molecule has 4 rings (SSSR count). The summed E-state index contributed by atoms with van der Waals surface area (Å²) in [6.45, 7) is 4.35. The summed E-state index contributed by atoms with van der Waals surface area (Å²) >= 11 is 0. The summed E-state index contributed by atoms with van der Waals surface area (Å²) in [7, 11) is 0. The number of aromatic nitrogens is 3. The number of benzene rings is 1. The molecule has 0 radical (unpaired) electrons. The van der Waals surface area contributed by atoms with Gasteiger partial charge in [-0.25, -0.2) is 9.61 Å². The van der Waals surface area contributed by atoms with Gasteiger partial charge in [-0.05, 0) is 33.1 Å². The fourth-order valence-electron chi connectivity index (χ4n) is 4.03. The van der Waals surface area contributed by atoms with E-state index in [0.29, 0.717) is 42.4 Å². The summed E-state index contributed by atoms with van der Waals surface area (Å²) in [6, 6.07) is 9.70. The monoisotopic (exact) mass is 437 g/mol. The third-order valence-corrected chi connectivity index (χ3v) is 6.01. The number of aryl methyl sites for hydroxylation is 2. The second-order valence-corrected chi connectivity index (χ2v) is 8.24. The van der Waals surface area contributed by atoms with Gasteiger partial charge < -0.3 is 14.6 Å². The Labute approximate surface area is 186 Å². The van der Waals surface area contributed by atoms with Crippen molar-refractivity contribution in [3.63, 3.8) is 0 Å². The van der Waals surface area contributed by atoms with Gasteiger partial charge in [0.15, 0.2) is 11.7 Å². The molecule has 1 saturated heterocycles. The first kappa shape index (κ1) is 21.7. The smallest absolute Gasteiger partial charge is 0.246 e. The molecule has 1 aliphatic heterocycles. The van der Waals surface area contributed by atoms with Gasteiger partial charge in [-0.15, -0.1) is 0 Å². The van der Waals surface area contributed by atoms with Crippen LogP contribution in [0, 0.1) is 6.92 Å². The molecular formula is C23H27N5O4. The van der Waals surface area contributed by atoms with Crippen molar-refractivity contribution < 1.29 is 18.6 Å². The Morgan fingerprint density at radius 2 is 2.00 bits per heavy atom. The summed E-state index contributed by atoms with van der Waals surface area (Å²) < 4.78 is 10.5. The van der Waals surface area contributed by atoms with E-state index in [1.54, 1.807) is 18.0 Å². The van der Waals surface area contributed by atoms with Gasteiger partial charge >= 0.3 is 0 Å². The Bertz CT molecular complexity index is 1080. The highest BCUT2D eigenvalue weighted by atomic mass is 16.6. The van der Waals surface area contributed by atoms with Crippen LogP contribution in [-0.2, 0) is 22.6 Å². The molecule has 0 unspecified atom stereocenters. The highest BCUT2D eigenvalue weighted by Crippen LogP contribution is 2.29. The molecule has 2 amide bonds. The molecule has 168 valence electrons. The Morgan fingerprint density at radius 1 is 1.19 bits per heavy atom. The van der Waals surface area contributed by atoms with Crippen molar-refractivity contribution in [3.8, 4) is 11.3 Å². The molecule has 1 fully saturated rings. The van der Waals surface area contributed by atoms with E-state index in [4.69, 9.17) is 4.42 Å². The second-order valence-electron chi connectivity index (χ2n) is 8.24. The van der Waals surface area contributed by atoms with Crippen LogP contribution in [0.5, 0.6) is 0 Å². The third-order valence-electron chi connectivity index (χ3n) is 6.01. The maximum absolute atomic E-state index is 13.1. The van der Waals surface area contributed by atoms with Crippen LogP contribution in [0.3, 0.4) is 0 Å². The first-order valence-corrected chi connectivity index (χ1v) is 10.8. The van der Waals surface area contributed by atoms with Crippen LogP contribution in [0.4, 0.5) is 0 Å². The molecule has 0 aliphatic carbocycles. The average Bonchev–Trinajstić information content (AvgIpc) is 3.45. The molecule has 32 heavy (non-hydrogen) atoms. The largest absolute Gasteiger partial charge is 0.441 e. The fourth-order valence-corrected chi connectivity index (χ4v) is 4.03. The minimum absolute atomic E-state index is 0.0823. The zero-order chi connectivity index (χ0) is 22.6. The average molecular weight is 438 g/mol. The molecule has 0 spiro atoms. The molecule has 0 bridgehead atoms. The molecule has 9 heteroatoms. The molecular weight excluding hydrogens is 410 g/mol. The zero-order valence-corrected chi connectivity index (χ0v) is 18.3. The number of nitrogens with one attached hydrogen (secondary N) is 1. The summed E-state index contributed by atoms with van der Waals surface area (Å²) in [5, 5.41) is 10.4. The Morgan fingerprint density at radius 3 is 2.75 bits per heavy atom. The molecule has 1 N–H and O–H groups in total. The van der Waals surface area contributed by atoms with Gasteiger partial charge in [0.05, 0.1) is 12.7 Å². The molecule has 2 aromatic heterocycles. The number of hydrogen-bond donors (Lipinski definition) is 1. The van der Waals surface area contributed by atoms with Gasteiger partial charge in [0.25, 0.3) is 0 Å². The summed E-state index contributed by atoms with van der Waals surface area (Å²) in [5.74, 6) is 0.902. The van der Waals surface area contributed by atoms with Crippen molar-refractivity contribution in [1.29, 1.82) is 0 Å². The highest BCUT2D eigenvalue weighted by molar-refractivity contribution is 5.91. The minimum Gasteiger partial charge on any atom is -0.441 e. The number of likely N-dealkylation sites (tertiary alicyclic amines) is 1. The van der Waals surface area contributed by atoms with Gasteiger partial charge in [0, 0.05) is 24.9 Å². The van der Waals surface area contributed by atoms with Crippen molar-refractivity contribution in [2.24, 2.45) is 0 Å². The van der Waals surface area contributed by atoms with Crippen LogP contribution in [0.1, 0.15) is 49.9 Å². The van der Waals surface area contributed by atoms with E-state index in [2.05, 4.69) is 25.2 Å². The first-order valence-electron chi connectivity index (χ1n) is 10.8. The number of rotatable bonds is 7. The highest BCUT2D eigenvalue weighted by Gasteiger charge is 2.43. The lowest BCUT2D eigenvalue weighted by atomic mass is 9.87. The summed E-state index contributed by atoms with van der Waals surface area (Å²) in [6.07, 6.45) is 4.65. The fraction of sp³-hybridized carbons (Fsp3) is 0.435. The molecule has 1 aliphatic rings. The van der Waals surface area contributed by atoms with Crippen molar-refractivity contribution in [1.82, 2.24) is 25.5 Å². The van der Waals surface area contributed by atoms with Crippen LogP contribution in [0.25, 0.3) is 11.3 Å². The van der Waals surface area contributed by atoms with E-state index in [9.17, 15) is 9.59 Å². The lowest BCUT2D eigenvalue weighted by Crippen LogP contribution is -2.60. The van der Waals surface area contributed by atoms with Gasteiger partial charge in [-0.3, -0.25) is 9.59 Å². The van der Waals surface area contributed by atoms with Crippen LogP contribution < -0.4 is 5.32 Å². The predicted octanol–water partition coefficient (Wildman–Crippen LogP) is 3.05. The van der Waals surface area contributed by atoms with Crippen LogP contribution >= 0.6 is 0 Å². The number of carbonyl (C=O) groups excluding carboxylic acids is 2. The normalized spacial score (nSPS) is 18.5. The predicted molar refractivity (Wildman–Crippen MR) is 115 cm³/mol. The van der Waals surface area contributed by atoms with Gasteiger partial charge in [-0.1, -0.05) is 40.6 Å². The van der Waals surface area contributed by atoms with Crippen molar-refractivity contribution in [2.45, 2.75) is 58.0 Å². The van der Waals surface area contributed by atoms with E-state index in [0.717, 1.165) is 18.4 Å². The lowest BCUT2D eigenvalue weighted by Gasteiger charge is -2.43. The van der Waals surface area contributed by atoms with Gasteiger partial charge in [0.2, 0.25) is 11.8 Å². The van der Waals surface area contributed by atoms with Gasteiger partial charge in [0.1, 0.15) is 16.9 Å². The SMILES string of the molecule is Cc1nonc1CNC(=O)[C@]1(C)CCCCN1C(=O)CCc1ncc(-c2ccccc2)o1. The third kappa shape index (κ3) is 4.56. The first-order chi connectivity index (χ1) is 15.5. The maximum atomic E-state index is 13.1. The zero-order valence-electron chi connectivity index (χ0n) is 18.3. The Balaban J connectivity index is 1.38. The maximum Gasteiger partial charge on any atom is 0.246 e. The summed E-state index contributed by atoms with van der Waals surface area (Å²) in [5.41, 5.74) is 1.24. The van der Waals surface area contributed by atoms with Crippen molar-refractivity contribution in [3.05, 3.63) is 53.8 Å². The van der Waals surface area contributed by atoms with Crippen molar-refractivity contribution >= 4 is 11.8 Å². The number of carbonyl (C=O) groups is 2. The molecule has 0 saturated carbocycles. The minimum atomic E-state index is -0.911. The van der Waals surface area contributed by atoms with E-state index in [1.807, 2.05) is 37.3 Å². The van der Waals surface area contributed by atoms with Crippen LogP contribution in [-0.4, -0.2) is 44.1 Å². The lowest BCUT2D eigenvalue weighted by molar-refractivity contribution is -0.149. The van der Waals surface area contributed by atoms with E-state index in [-0.39, 0.29) is 24.8 Å². The molecule has 3 heterocycles. The quantitative estimate of drug-likeness (QED) is 0.604. The second kappa shape index (κ2) is 9.33. The number of hydrogen-bond acceptors (Lipinski definition) is 7. The Kier molecular flexibility index (Phi) is 6.34. The standard InChI is InChI=1S/C23H27N5O4/c1-16-18(27-32-26-16)14-25-22(30)23(2)12-6-7-13-28(23)21(29)11-10-20-24-15-19(31-20)17-8-4-3-5-9-17/h3-5,8-9,15H,6-7,10-14H2,1-2H3,(H,25,30)/t23-/m0/s1. The number of oxazole rings is 1. The summed E-state index contributed by atoms with van der Waals surface area (Å²) in [4.78, 5) is 32.2. The molecule has 9 nitrogen and oxygen atoms in total. The Hall–Kier alpha value is -3.49. The topological polar surface area (TPSA) is 114 Å².